The van der Waals surface area contributed by atoms with Gasteiger partial charge in [0.15, 0.2) is 0 Å². The molecule has 0 bridgehead atoms. The summed E-state index contributed by atoms with van der Waals surface area (Å²) in [6.45, 7) is 1.41. The van der Waals surface area contributed by atoms with Gasteiger partial charge in [-0.2, -0.15) is 10.2 Å². The SMILES string of the molecule is COc1nc(OC(F)(F)F)c(C)cc1CC#N. The molecule has 92 valence electrons. The smallest absolute Gasteiger partial charge is 0.481 e. The first-order valence-electron chi connectivity index (χ1n) is 4.54. The summed E-state index contributed by atoms with van der Waals surface area (Å²) in [5, 5.41) is 8.54. The minimum Gasteiger partial charge on any atom is -0.481 e. The van der Waals surface area contributed by atoms with Gasteiger partial charge in [0.05, 0.1) is 19.6 Å². The van der Waals surface area contributed by atoms with E-state index in [2.05, 4.69) is 9.72 Å². The quantitative estimate of drug-likeness (QED) is 0.821. The molecule has 0 aliphatic rings. The lowest BCUT2D eigenvalue weighted by molar-refractivity contribution is -0.276. The Kier molecular flexibility index (Phi) is 3.78. The number of alkyl halides is 3. The lowest BCUT2D eigenvalue weighted by Gasteiger charge is -2.13. The molecule has 0 saturated carbocycles. The van der Waals surface area contributed by atoms with E-state index >= 15 is 0 Å². The summed E-state index contributed by atoms with van der Waals surface area (Å²) in [7, 11) is 1.26. The van der Waals surface area contributed by atoms with Crippen LogP contribution in [0.5, 0.6) is 11.8 Å². The molecule has 0 saturated heterocycles. The molecule has 0 aliphatic carbocycles. The highest BCUT2D eigenvalue weighted by Crippen LogP contribution is 2.28. The van der Waals surface area contributed by atoms with Crippen LogP contribution in [0.25, 0.3) is 0 Å². The molecule has 1 aromatic heterocycles. The first kappa shape index (κ1) is 13.1. The number of pyridine rings is 1. The van der Waals surface area contributed by atoms with Crippen molar-refractivity contribution in [3.05, 3.63) is 17.2 Å². The average molecular weight is 246 g/mol. The standard InChI is InChI=1S/C10H9F3N2O2/c1-6-5-7(3-4-14)9(16-2)15-8(6)17-10(11,12)13/h5H,3H2,1-2H3. The number of hydrogen-bond acceptors (Lipinski definition) is 4. The maximum absolute atomic E-state index is 12.1. The van der Waals surface area contributed by atoms with E-state index in [1.807, 2.05) is 6.07 Å². The van der Waals surface area contributed by atoms with Crippen LogP contribution in [0.1, 0.15) is 11.1 Å². The molecule has 0 fully saturated rings. The molecule has 0 spiro atoms. The maximum Gasteiger partial charge on any atom is 0.574 e. The predicted octanol–water partition coefficient (Wildman–Crippen LogP) is 2.36. The van der Waals surface area contributed by atoms with Crippen LogP contribution in [-0.4, -0.2) is 18.5 Å². The van der Waals surface area contributed by atoms with Crippen LogP contribution in [0.2, 0.25) is 0 Å². The second-order valence-corrected chi connectivity index (χ2v) is 3.16. The summed E-state index contributed by atoms with van der Waals surface area (Å²) < 4.78 is 44.7. The lowest BCUT2D eigenvalue weighted by Crippen LogP contribution is -2.19. The maximum atomic E-state index is 12.1. The van der Waals surface area contributed by atoms with Gasteiger partial charge in [0.2, 0.25) is 11.8 Å². The third kappa shape index (κ3) is 3.52. The Morgan fingerprint density at radius 3 is 2.53 bits per heavy atom. The Labute approximate surface area is 95.6 Å². The first-order valence-corrected chi connectivity index (χ1v) is 4.54. The van der Waals surface area contributed by atoms with Crippen LogP contribution in [0, 0.1) is 18.3 Å². The average Bonchev–Trinajstić information content (AvgIpc) is 2.20. The molecule has 0 aliphatic heterocycles. The van der Waals surface area contributed by atoms with Gasteiger partial charge in [0.1, 0.15) is 0 Å². The molecule has 0 amide bonds. The summed E-state index contributed by atoms with van der Waals surface area (Å²) >= 11 is 0. The number of nitrogens with zero attached hydrogens (tertiary/aromatic N) is 2. The van der Waals surface area contributed by atoms with E-state index in [1.165, 1.54) is 20.1 Å². The highest BCUT2D eigenvalue weighted by molar-refractivity contribution is 5.38. The molecule has 1 heterocycles. The monoisotopic (exact) mass is 246 g/mol. The van der Waals surface area contributed by atoms with Crippen molar-refractivity contribution in [1.29, 1.82) is 5.26 Å². The highest BCUT2D eigenvalue weighted by Gasteiger charge is 2.33. The molecule has 17 heavy (non-hydrogen) atoms. The van der Waals surface area contributed by atoms with Gasteiger partial charge in [-0.1, -0.05) is 0 Å². The minimum absolute atomic E-state index is 0.00328. The zero-order valence-electron chi connectivity index (χ0n) is 9.13. The Morgan fingerprint density at radius 1 is 1.41 bits per heavy atom. The molecule has 1 rings (SSSR count). The fourth-order valence-corrected chi connectivity index (χ4v) is 1.24. The normalized spacial score (nSPS) is 10.8. The van der Waals surface area contributed by atoms with Gasteiger partial charge >= 0.3 is 6.36 Å². The predicted molar refractivity (Wildman–Crippen MR) is 51.5 cm³/mol. The Bertz CT molecular complexity index is 452. The number of halogens is 3. The number of methoxy groups -OCH3 is 1. The Morgan fingerprint density at radius 2 is 2.06 bits per heavy atom. The van der Waals surface area contributed by atoms with Crippen molar-refractivity contribution >= 4 is 0 Å². The zero-order chi connectivity index (χ0) is 13.1. The molecule has 0 atom stereocenters. The third-order valence-corrected chi connectivity index (χ3v) is 1.88. The van der Waals surface area contributed by atoms with Crippen molar-refractivity contribution in [3.63, 3.8) is 0 Å². The van der Waals surface area contributed by atoms with Crippen molar-refractivity contribution in [2.45, 2.75) is 19.7 Å². The minimum atomic E-state index is -4.81. The van der Waals surface area contributed by atoms with E-state index in [-0.39, 0.29) is 17.9 Å². The molecule has 0 aromatic carbocycles. The molecule has 0 unspecified atom stereocenters. The van der Waals surface area contributed by atoms with Crippen LogP contribution in [0.15, 0.2) is 6.07 Å². The van der Waals surface area contributed by atoms with E-state index in [1.54, 1.807) is 0 Å². The fraction of sp³-hybridized carbons (Fsp3) is 0.400. The summed E-state index contributed by atoms with van der Waals surface area (Å²) in [5.41, 5.74) is 0.607. The summed E-state index contributed by atoms with van der Waals surface area (Å²) in [4.78, 5) is 3.58. The first-order chi connectivity index (χ1) is 7.87. The van der Waals surface area contributed by atoms with Crippen molar-refractivity contribution in [1.82, 2.24) is 4.98 Å². The van der Waals surface area contributed by atoms with Gasteiger partial charge in [0, 0.05) is 11.1 Å². The van der Waals surface area contributed by atoms with Gasteiger partial charge in [0.25, 0.3) is 0 Å². The number of aromatic nitrogens is 1. The molecule has 0 N–H and O–H groups in total. The largest absolute Gasteiger partial charge is 0.574 e. The van der Waals surface area contributed by atoms with E-state index in [9.17, 15) is 13.2 Å². The van der Waals surface area contributed by atoms with Gasteiger partial charge < -0.3 is 9.47 Å². The number of hydrogen-bond donors (Lipinski definition) is 0. The van der Waals surface area contributed by atoms with Crippen molar-refractivity contribution in [3.8, 4) is 17.8 Å². The Hall–Kier alpha value is -1.97. The van der Waals surface area contributed by atoms with Crippen LogP contribution in [0.4, 0.5) is 13.2 Å². The molecule has 1 aromatic rings. The second-order valence-electron chi connectivity index (χ2n) is 3.16. The van der Waals surface area contributed by atoms with Crippen LogP contribution < -0.4 is 9.47 Å². The van der Waals surface area contributed by atoms with E-state index in [4.69, 9.17) is 10.00 Å². The van der Waals surface area contributed by atoms with Crippen LogP contribution >= 0.6 is 0 Å². The molecular weight excluding hydrogens is 237 g/mol. The third-order valence-electron chi connectivity index (χ3n) is 1.88. The van der Waals surface area contributed by atoms with Gasteiger partial charge in [-0.05, 0) is 13.0 Å². The van der Waals surface area contributed by atoms with Crippen molar-refractivity contribution in [2.75, 3.05) is 7.11 Å². The van der Waals surface area contributed by atoms with Gasteiger partial charge in [-0.15, -0.1) is 13.2 Å². The van der Waals surface area contributed by atoms with Gasteiger partial charge in [-0.3, -0.25) is 0 Å². The van der Waals surface area contributed by atoms with E-state index < -0.39 is 12.2 Å². The lowest BCUT2D eigenvalue weighted by atomic mass is 10.1. The number of nitriles is 1. The number of ether oxygens (including phenoxy) is 2. The number of aryl methyl sites for hydroxylation is 1. The summed E-state index contributed by atoms with van der Waals surface area (Å²) in [6.07, 6.45) is -4.80. The van der Waals surface area contributed by atoms with Crippen LogP contribution in [0.3, 0.4) is 0 Å². The van der Waals surface area contributed by atoms with Crippen molar-refractivity contribution < 1.29 is 22.6 Å². The zero-order valence-corrected chi connectivity index (χ0v) is 9.13. The van der Waals surface area contributed by atoms with Crippen LogP contribution in [-0.2, 0) is 6.42 Å². The van der Waals surface area contributed by atoms with Crippen molar-refractivity contribution in [2.24, 2.45) is 0 Å². The fourth-order valence-electron chi connectivity index (χ4n) is 1.24. The summed E-state index contributed by atoms with van der Waals surface area (Å²) in [6, 6.07) is 3.26. The second kappa shape index (κ2) is 4.91. The summed E-state index contributed by atoms with van der Waals surface area (Å²) in [5.74, 6) is -0.618. The topological polar surface area (TPSA) is 55.1 Å². The molecule has 7 heteroatoms. The highest BCUT2D eigenvalue weighted by atomic mass is 19.4. The van der Waals surface area contributed by atoms with Gasteiger partial charge in [-0.25, -0.2) is 0 Å². The molecule has 4 nitrogen and oxygen atoms in total. The number of rotatable bonds is 3. The van der Waals surface area contributed by atoms with E-state index in [0.29, 0.717) is 5.56 Å². The Balaban J connectivity index is 3.14. The molecule has 0 radical (unpaired) electrons. The van der Waals surface area contributed by atoms with E-state index in [0.717, 1.165) is 0 Å². The molecular formula is C10H9F3N2O2.